The number of alkyl halides is 2. The van der Waals surface area contributed by atoms with Crippen molar-refractivity contribution in [2.45, 2.75) is 16.9 Å². The number of sulfonamides is 1. The van der Waals surface area contributed by atoms with Gasteiger partial charge in [0.05, 0.1) is 4.92 Å². The fourth-order valence-corrected chi connectivity index (χ4v) is 3.49. The van der Waals surface area contributed by atoms with Crippen molar-refractivity contribution in [3.05, 3.63) is 69.8 Å². The van der Waals surface area contributed by atoms with Crippen molar-refractivity contribution in [2.24, 2.45) is 0 Å². The van der Waals surface area contributed by atoms with Gasteiger partial charge in [-0.15, -0.1) is 0 Å². The van der Waals surface area contributed by atoms with Gasteiger partial charge in [-0.05, 0) is 12.1 Å². The molecule has 2 aromatic carbocycles. The third-order valence-corrected chi connectivity index (χ3v) is 5.11. The molecular formula is C15H12F4N2O5S. The van der Waals surface area contributed by atoms with E-state index in [1.54, 1.807) is 4.72 Å². The standard InChI is InChI=1S/C15H12F4N2O5S/c16-10-5-3-4-9(13(10)17)15(22,14(18)19)8-20-27(25,26)12-7-2-1-6-11(12)21(23)24/h1-7,14,20,22H,8H2. The first kappa shape index (κ1) is 20.7. The van der Waals surface area contributed by atoms with Crippen LogP contribution in [-0.4, -0.2) is 31.4 Å². The van der Waals surface area contributed by atoms with Crippen molar-refractivity contribution in [1.29, 1.82) is 0 Å². The molecular weight excluding hydrogens is 396 g/mol. The molecule has 0 aliphatic heterocycles. The van der Waals surface area contributed by atoms with Crippen molar-refractivity contribution in [3.63, 3.8) is 0 Å². The van der Waals surface area contributed by atoms with Crippen LogP contribution in [0.3, 0.4) is 0 Å². The molecule has 2 aromatic rings. The largest absolute Gasteiger partial charge is 0.378 e. The lowest BCUT2D eigenvalue weighted by Crippen LogP contribution is -2.46. The van der Waals surface area contributed by atoms with Gasteiger partial charge < -0.3 is 5.11 Å². The van der Waals surface area contributed by atoms with Crippen LogP contribution >= 0.6 is 0 Å². The molecule has 0 aliphatic rings. The molecule has 2 rings (SSSR count). The van der Waals surface area contributed by atoms with Crippen molar-refractivity contribution in [3.8, 4) is 0 Å². The zero-order valence-electron chi connectivity index (χ0n) is 13.3. The molecule has 1 unspecified atom stereocenters. The van der Waals surface area contributed by atoms with Gasteiger partial charge in [-0.3, -0.25) is 10.1 Å². The first-order valence-electron chi connectivity index (χ1n) is 7.19. The van der Waals surface area contributed by atoms with Gasteiger partial charge in [0.1, 0.15) is 0 Å². The number of nitrogens with zero attached hydrogens (tertiary/aromatic N) is 1. The summed E-state index contributed by atoms with van der Waals surface area (Å²) in [7, 11) is -4.73. The van der Waals surface area contributed by atoms with E-state index in [1.807, 2.05) is 0 Å². The fraction of sp³-hybridized carbons (Fsp3) is 0.200. The minimum absolute atomic E-state index is 0.627. The summed E-state index contributed by atoms with van der Waals surface area (Å²) in [5, 5.41) is 21.1. The van der Waals surface area contributed by atoms with Gasteiger partial charge in [0.2, 0.25) is 10.0 Å². The summed E-state index contributed by atoms with van der Waals surface area (Å²) in [5.41, 5.74) is -5.41. The van der Waals surface area contributed by atoms with Crippen LogP contribution in [0, 0.1) is 21.7 Å². The molecule has 0 amide bonds. The van der Waals surface area contributed by atoms with Gasteiger partial charge in [-0.2, -0.15) is 0 Å². The summed E-state index contributed by atoms with van der Waals surface area (Å²) in [4.78, 5) is 9.09. The van der Waals surface area contributed by atoms with Gasteiger partial charge in [0.25, 0.3) is 12.1 Å². The third-order valence-electron chi connectivity index (χ3n) is 3.66. The smallest absolute Gasteiger partial charge is 0.289 e. The van der Waals surface area contributed by atoms with E-state index in [4.69, 9.17) is 0 Å². The Hall–Kier alpha value is -2.57. The van der Waals surface area contributed by atoms with E-state index in [9.17, 15) is 41.2 Å². The van der Waals surface area contributed by atoms with Gasteiger partial charge in [0, 0.05) is 18.2 Å². The van der Waals surface area contributed by atoms with Crippen LogP contribution in [0.1, 0.15) is 5.56 Å². The molecule has 0 saturated carbocycles. The molecule has 7 nitrogen and oxygen atoms in total. The summed E-state index contributed by atoms with van der Waals surface area (Å²) in [5.74, 6) is -3.29. The van der Waals surface area contributed by atoms with E-state index in [0.717, 1.165) is 24.3 Å². The topological polar surface area (TPSA) is 110 Å². The maximum absolute atomic E-state index is 13.8. The fourth-order valence-electron chi connectivity index (χ4n) is 2.25. The molecule has 146 valence electrons. The molecule has 0 fully saturated rings. The van der Waals surface area contributed by atoms with Crippen LogP contribution in [0.2, 0.25) is 0 Å². The predicted molar refractivity (Wildman–Crippen MR) is 84.5 cm³/mol. The number of hydrogen-bond acceptors (Lipinski definition) is 5. The zero-order chi connectivity index (χ0) is 20.4. The van der Waals surface area contributed by atoms with E-state index < -0.39 is 61.3 Å². The Labute approximate surface area is 150 Å². The lowest BCUT2D eigenvalue weighted by Gasteiger charge is -2.28. The number of para-hydroxylation sites is 1. The van der Waals surface area contributed by atoms with Crippen molar-refractivity contribution in [1.82, 2.24) is 4.72 Å². The Morgan fingerprint density at radius 2 is 1.78 bits per heavy atom. The molecule has 0 heterocycles. The highest BCUT2D eigenvalue weighted by atomic mass is 32.2. The van der Waals surface area contributed by atoms with E-state index in [2.05, 4.69) is 0 Å². The van der Waals surface area contributed by atoms with Gasteiger partial charge in [-0.25, -0.2) is 30.7 Å². The predicted octanol–water partition coefficient (Wildman–Crippen LogP) is 2.30. The van der Waals surface area contributed by atoms with E-state index in [-0.39, 0.29) is 0 Å². The third kappa shape index (κ3) is 4.07. The van der Waals surface area contributed by atoms with Gasteiger partial charge >= 0.3 is 0 Å². The molecule has 1 atom stereocenters. The highest BCUT2D eigenvalue weighted by Gasteiger charge is 2.43. The lowest BCUT2D eigenvalue weighted by molar-refractivity contribution is -0.387. The SMILES string of the molecule is O=[N+]([O-])c1ccccc1S(=O)(=O)NCC(O)(c1cccc(F)c1F)C(F)F. The maximum atomic E-state index is 13.8. The average Bonchev–Trinajstić information content (AvgIpc) is 2.62. The second kappa shape index (κ2) is 7.58. The van der Waals surface area contributed by atoms with Crippen LogP contribution in [0.5, 0.6) is 0 Å². The normalized spacial score (nSPS) is 14.1. The molecule has 27 heavy (non-hydrogen) atoms. The second-order valence-corrected chi connectivity index (χ2v) is 7.11. The number of hydrogen-bond donors (Lipinski definition) is 2. The summed E-state index contributed by atoms with van der Waals surface area (Å²) in [6.45, 7) is -1.46. The highest BCUT2D eigenvalue weighted by molar-refractivity contribution is 7.89. The Balaban J connectivity index is 2.42. The summed E-state index contributed by atoms with van der Waals surface area (Å²) in [6, 6.07) is 6.23. The molecule has 2 N–H and O–H groups in total. The quantitative estimate of drug-likeness (QED) is 0.415. The van der Waals surface area contributed by atoms with E-state index in [1.165, 1.54) is 6.07 Å². The number of aliphatic hydroxyl groups is 1. The molecule has 0 bridgehead atoms. The van der Waals surface area contributed by atoms with Crippen molar-refractivity contribution < 1.29 is 36.0 Å². The maximum Gasteiger partial charge on any atom is 0.289 e. The van der Waals surface area contributed by atoms with Gasteiger partial charge in [0.15, 0.2) is 22.1 Å². The molecule has 0 aromatic heterocycles. The molecule has 0 spiro atoms. The van der Waals surface area contributed by atoms with Gasteiger partial charge in [-0.1, -0.05) is 24.3 Å². The van der Waals surface area contributed by atoms with Crippen LogP contribution in [0.25, 0.3) is 0 Å². The molecule has 12 heteroatoms. The van der Waals surface area contributed by atoms with Crippen molar-refractivity contribution in [2.75, 3.05) is 6.54 Å². The molecule has 0 radical (unpaired) electrons. The van der Waals surface area contributed by atoms with Crippen LogP contribution in [-0.2, 0) is 15.6 Å². The average molecular weight is 408 g/mol. The summed E-state index contributed by atoms with van der Waals surface area (Å²) >= 11 is 0. The number of nitro groups is 1. The Morgan fingerprint density at radius 1 is 1.15 bits per heavy atom. The summed E-state index contributed by atoms with van der Waals surface area (Å²) in [6.07, 6.45) is -3.71. The molecule has 0 saturated heterocycles. The van der Waals surface area contributed by atoms with Crippen molar-refractivity contribution >= 4 is 15.7 Å². The lowest BCUT2D eigenvalue weighted by atomic mass is 9.94. The Kier molecular flexibility index (Phi) is 5.82. The number of nitro benzene ring substituents is 1. The van der Waals surface area contributed by atoms with Crippen LogP contribution < -0.4 is 4.72 Å². The minimum Gasteiger partial charge on any atom is -0.378 e. The van der Waals surface area contributed by atoms with E-state index >= 15 is 0 Å². The van der Waals surface area contributed by atoms with E-state index in [0.29, 0.717) is 12.1 Å². The zero-order valence-corrected chi connectivity index (χ0v) is 14.1. The number of nitrogens with one attached hydrogen (secondary N) is 1. The number of rotatable bonds is 7. The molecule has 0 aliphatic carbocycles. The minimum atomic E-state index is -4.73. The van der Waals surface area contributed by atoms with Crippen LogP contribution in [0.4, 0.5) is 23.2 Å². The number of halogens is 4. The monoisotopic (exact) mass is 408 g/mol. The first-order valence-corrected chi connectivity index (χ1v) is 8.67. The first-order chi connectivity index (χ1) is 12.5. The van der Waals surface area contributed by atoms with Crippen LogP contribution in [0.15, 0.2) is 47.4 Å². The second-order valence-electron chi connectivity index (χ2n) is 5.38. The number of benzene rings is 2. The Morgan fingerprint density at radius 3 is 2.37 bits per heavy atom. The Bertz CT molecular complexity index is 970. The summed E-state index contributed by atoms with van der Waals surface area (Å²) < 4.78 is 80.0. The highest BCUT2D eigenvalue weighted by Crippen LogP contribution is 2.32.